The number of hydrogen-bond acceptors (Lipinski definition) is 3. The Labute approximate surface area is 94.0 Å². The van der Waals surface area contributed by atoms with Crippen molar-refractivity contribution in [3.05, 3.63) is 0 Å². The Hall–Kier alpha value is -0.120. The number of hydrogen-bond donors (Lipinski definition) is 1. The lowest BCUT2D eigenvalue weighted by molar-refractivity contribution is 0.108. The van der Waals surface area contributed by atoms with Crippen LogP contribution in [0.2, 0.25) is 0 Å². The van der Waals surface area contributed by atoms with Crippen molar-refractivity contribution in [2.24, 2.45) is 5.73 Å². The first kappa shape index (κ1) is 12.9. The predicted octanol–water partition coefficient (Wildman–Crippen LogP) is 1.61. The molecule has 0 bridgehead atoms. The fraction of sp³-hybridized carbons (Fsp3) is 1.00. The van der Waals surface area contributed by atoms with Crippen LogP contribution in [0.1, 0.15) is 39.5 Å². The van der Waals surface area contributed by atoms with E-state index in [-0.39, 0.29) is 5.54 Å². The second-order valence-electron chi connectivity index (χ2n) is 4.80. The van der Waals surface area contributed by atoms with E-state index in [4.69, 9.17) is 10.5 Å². The van der Waals surface area contributed by atoms with E-state index < -0.39 is 0 Å². The molecule has 1 fully saturated rings. The van der Waals surface area contributed by atoms with E-state index in [1.807, 2.05) is 0 Å². The Kier molecular flexibility index (Phi) is 5.03. The number of nitrogens with two attached hydrogens (primary N) is 1. The van der Waals surface area contributed by atoms with Gasteiger partial charge in [0.05, 0.1) is 6.61 Å². The van der Waals surface area contributed by atoms with Gasteiger partial charge in [-0.1, -0.05) is 13.8 Å². The van der Waals surface area contributed by atoms with Gasteiger partial charge in [0.25, 0.3) is 0 Å². The van der Waals surface area contributed by atoms with Crippen molar-refractivity contribution in [3.8, 4) is 0 Å². The van der Waals surface area contributed by atoms with E-state index in [1.54, 1.807) is 7.11 Å². The number of ether oxygens (including phenoxy) is 1. The summed E-state index contributed by atoms with van der Waals surface area (Å²) in [6, 6.07) is 0.668. The van der Waals surface area contributed by atoms with Gasteiger partial charge < -0.3 is 10.5 Å². The Balaban J connectivity index is 2.43. The molecule has 0 aromatic carbocycles. The first-order valence-corrected chi connectivity index (χ1v) is 6.17. The summed E-state index contributed by atoms with van der Waals surface area (Å²) < 4.78 is 5.16. The van der Waals surface area contributed by atoms with Crippen LogP contribution in [-0.4, -0.2) is 43.3 Å². The van der Waals surface area contributed by atoms with Crippen LogP contribution in [0.4, 0.5) is 0 Å². The van der Waals surface area contributed by atoms with Crippen molar-refractivity contribution in [1.82, 2.24) is 4.90 Å². The van der Waals surface area contributed by atoms with E-state index in [0.717, 1.165) is 19.7 Å². The van der Waals surface area contributed by atoms with Crippen LogP contribution in [0.5, 0.6) is 0 Å². The standard InChI is InChI=1S/C12H26N2O/c1-4-11(5-2)14(8-9-15-3)10-12(13)6-7-12/h11H,4-10,13H2,1-3H3. The van der Waals surface area contributed by atoms with Gasteiger partial charge in [-0.05, 0) is 25.7 Å². The molecule has 1 aliphatic carbocycles. The molecule has 0 unspecified atom stereocenters. The van der Waals surface area contributed by atoms with Gasteiger partial charge in [-0.25, -0.2) is 0 Å². The molecule has 0 heterocycles. The molecule has 3 heteroatoms. The summed E-state index contributed by atoms with van der Waals surface area (Å²) in [5, 5.41) is 0. The van der Waals surface area contributed by atoms with Gasteiger partial charge in [0.2, 0.25) is 0 Å². The predicted molar refractivity (Wildman–Crippen MR) is 64.0 cm³/mol. The molecule has 15 heavy (non-hydrogen) atoms. The summed E-state index contributed by atoms with van der Waals surface area (Å²) in [6.07, 6.45) is 4.79. The van der Waals surface area contributed by atoms with Crippen LogP contribution in [-0.2, 0) is 4.74 Å². The van der Waals surface area contributed by atoms with Gasteiger partial charge in [0.15, 0.2) is 0 Å². The van der Waals surface area contributed by atoms with Gasteiger partial charge in [0, 0.05) is 31.8 Å². The highest BCUT2D eigenvalue weighted by Gasteiger charge is 2.40. The maximum Gasteiger partial charge on any atom is 0.0589 e. The summed E-state index contributed by atoms with van der Waals surface area (Å²) in [7, 11) is 1.76. The first-order chi connectivity index (χ1) is 7.15. The number of nitrogens with zero attached hydrogens (tertiary/aromatic N) is 1. The molecule has 0 spiro atoms. The van der Waals surface area contributed by atoms with Gasteiger partial charge in [0.1, 0.15) is 0 Å². The van der Waals surface area contributed by atoms with Crippen LogP contribution in [0, 0.1) is 0 Å². The third-order valence-electron chi connectivity index (χ3n) is 3.45. The zero-order valence-corrected chi connectivity index (χ0v) is 10.5. The van der Waals surface area contributed by atoms with E-state index in [9.17, 15) is 0 Å². The molecule has 1 rings (SSSR count). The van der Waals surface area contributed by atoms with Gasteiger partial charge >= 0.3 is 0 Å². The number of methoxy groups -OCH3 is 1. The first-order valence-electron chi connectivity index (χ1n) is 6.17. The van der Waals surface area contributed by atoms with E-state index in [2.05, 4.69) is 18.7 Å². The monoisotopic (exact) mass is 214 g/mol. The Bertz CT molecular complexity index is 176. The summed E-state index contributed by atoms with van der Waals surface area (Å²) in [6.45, 7) is 7.38. The molecule has 1 saturated carbocycles. The average Bonchev–Trinajstić information content (AvgIpc) is 2.94. The molecular weight excluding hydrogens is 188 g/mol. The van der Waals surface area contributed by atoms with Crippen molar-refractivity contribution in [3.63, 3.8) is 0 Å². The van der Waals surface area contributed by atoms with Crippen molar-refractivity contribution < 1.29 is 4.74 Å². The van der Waals surface area contributed by atoms with Crippen molar-refractivity contribution in [1.29, 1.82) is 0 Å². The van der Waals surface area contributed by atoms with Crippen molar-refractivity contribution in [2.75, 3.05) is 26.8 Å². The lowest BCUT2D eigenvalue weighted by Crippen LogP contribution is -2.45. The van der Waals surface area contributed by atoms with E-state index in [0.29, 0.717) is 6.04 Å². The highest BCUT2D eigenvalue weighted by atomic mass is 16.5. The Morgan fingerprint density at radius 2 is 1.93 bits per heavy atom. The largest absolute Gasteiger partial charge is 0.383 e. The normalized spacial score (nSPS) is 18.8. The molecule has 0 aromatic heterocycles. The minimum Gasteiger partial charge on any atom is -0.383 e. The summed E-state index contributed by atoms with van der Waals surface area (Å²) >= 11 is 0. The van der Waals surface area contributed by atoms with Crippen LogP contribution < -0.4 is 5.73 Å². The van der Waals surface area contributed by atoms with Crippen molar-refractivity contribution >= 4 is 0 Å². The maximum absolute atomic E-state index is 6.18. The molecule has 2 N–H and O–H groups in total. The van der Waals surface area contributed by atoms with E-state index >= 15 is 0 Å². The van der Waals surface area contributed by atoms with Crippen LogP contribution in [0.15, 0.2) is 0 Å². The number of rotatable bonds is 8. The second kappa shape index (κ2) is 5.83. The Morgan fingerprint density at radius 1 is 1.33 bits per heavy atom. The van der Waals surface area contributed by atoms with E-state index in [1.165, 1.54) is 25.7 Å². The molecular formula is C12H26N2O. The lowest BCUT2D eigenvalue weighted by Gasteiger charge is -2.32. The molecule has 0 aromatic rings. The van der Waals surface area contributed by atoms with Gasteiger partial charge in [-0.15, -0.1) is 0 Å². The summed E-state index contributed by atoms with van der Waals surface area (Å²) in [5.41, 5.74) is 6.31. The highest BCUT2D eigenvalue weighted by Crippen LogP contribution is 2.33. The molecule has 0 amide bonds. The molecule has 0 radical (unpaired) electrons. The molecule has 0 saturated heterocycles. The zero-order valence-electron chi connectivity index (χ0n) is 10.5. The molecule has 90 valence electrons. The Morgan fingerprint density at radius 3 is 2.33 bits per heavy atom. The van der Waals surface area contributed by atoms with Crippen LogP contribution >= 0.6 is 0 Å². The lowest BCUT2D eigenvalue weighted by atomic mass is 10.1. The SMILES string of the molecule is CCC(CC)N(CCOC)CC1(N)CC1. The van der Waals surface area contributed by atoms with Crippen LogP contribution in [0.25, 0.3) is 0 Å². The minimum atomic E-state index is 0.121. The molecule has 0 aliphatic heterocycles. The maximum atomic E-state index is 6.18. The third kappa shape index (κ3) is 4.09. The average molecular weight is 214 g/mol. The van der Waals surface area contributed by atoms with Crippen LogP contribution in [0.3, 0.4) is 0 Å². The topological polar surface area (TPSA) is 38.5 Å². The third-order valence-corrected chi connectivity index (χ3v) is 3.45. The fourth-order valence-electron chi connectivity index (χ4n) is 2.13. The highest BCUT2D eigenvalue weighted by molar-refractivity contribution is 5.01. The molecule has 0 atom stereocenters. The van der Waals surface area contributed by atoms with Gasteiger partial charge in [-0.2, -0.15) is 0 Å². The molecule has 3 nitrogen and oxygen atoms in total. The molecule has 1 aliphatic rings. The smallest absolute Gasteiger partial charge is 0.0589 e. The zero-order chi connectivity index (χ0) is 11.3. The quantitative estimate of drug-likeness (QED) is 0.667. The summed E-state index contributed by atoms with van der Waals surface area (Å²) in [5.74, 6) is 0. The minimum absolute atomic E-state index is 0.121. The van der Waals surface area contributed by atoms with Crippen molar-refractivity contribution in [2.45, 2.75) is 51.1 Å². The second-order valence-corrected chi connectivity index (χ2v) is 4.80. The van der Waals surface area contributed by atoms with Gasteiger partial charge in [-0.3, -0.25) is 4.90 Å². The fourth-order valence-corrected chi connectivity index (χ4v) is 2.13. The summed E-state index contributed by atoms with van der Waals surface area (Å²) in [4.78, 5) is 2.51.